The molecule has 0 radical (unpaired) electrons. The van der Waals surface area contributed by atoms with Gasteiger partial charge in [0, 0.05) is 0 Å². The molecule has 0 saturated heterocycles. The molecular formula is C9H9F3N2O2. The number of alkyl halides is 3. The molecule has 1 amide bonds. The molecular weight excluding hydrogens is 225 g/mol. The fraction of sp³-hybridized carbons (Fsp3) is 0.333. The average molecular weight is 234 g/mol. The first kappa shape index (κ1) is 12.3. The number of nitrogens with zero attached hydrogens (tertiary/aromatic N) is 1. The van der Waals surface area contributed by atoms with Gasteiger partial charge in [0.2, 0.25) is 0 Å². The maximum Gasteiger partial charge on any atom is 0.433 e. The van der Waals surface area contributed by atoms with Gasteiger partial charge in [-0.1, -0.05) is 0 Å². The Balaban J connectivity index is 2.69. The lowest BCUT2D eigenvalue weighted by atomic mass is 10.3. The van der Waals surface area contributed by atoms with Crippen LogP contribution in [0.5, 0.6) is 0 Å². The smallest absolute Gasteiger partial charge is 0.433 e. The number of aromatic nitrogens is 1. The lowest BCUT2D eigenvalue weighted by Gasteiger charge is -2.07. The average Bonchev–Trinajstić information content (AvgIpc) is 2.17. The van der Waals surface area contributed by atoms with E-state index in [4.69, 9.17) is 0 Å². The molecule has 0 aliphatic rings. The van der Waals surface area contributed by atoms with Crippen molar-refractivity contribution >= 4 is 11.8 Å². The quantitative estimate of drug-likeness (QED) is 0.855. The van der Waals surface area contributed by atoms with Gasteiger partial charge in [0.25, 0.3) is 0 Å². The molecule has 1 rings (SSSR count). The van der Waals surface area contributed by atoms with Gasteiger partial charge in [-0.25, -0.2) is 9.78 Å². The number of halogens is 3. The van der Waals surface area contributed by atoms with Crippen molar-refractivity contribution in [1.29, 1.82) is 0 Å². The fourth-order valence-electron chi connectivity index (χ4n) is 0.921. The molecule has 1 heterocycles. The zero-order chi connectivity index (χ0) is 12.2. The van der Waals surface area contributed by atoms with Crippen LogP contribution in [-0.4, -0.2) is 17.7 Å². The van der Waals surface area contributed by atoms with Crippen molar-refractivity contribution < 1.29 is 22.7 Å². The third-order valence-electron chi connectivity index (χ3n) is 1.58. The molecule has 1 N–H and O–H groups in total. The summed E-state index contributed by atoms with van der Waals surface area (Å²) in [6.07, 6.45) is -4.30. The number of pyridine rings is 1. The molecule has 0 bridgehead atoms. The molecule has 0 aliphatic carbocycles. The Labute approximate surface area is 89.4 Å². The van der Waals surface area contributed by atoms with Gasteiger partial charge in [0.05, 0.1) is 18.5 Å². The number of nitrogens with one attached hydrogen (secondary N) is 1. The summed E-state index contributed by atoms with van der Waals surface area (Å²) in [5, 5.41) is 2.23. The van der Waals surface area contributed by atoms with Crippen molar-refractivity contribution in [2.75, 3.05) is 11.9 Å². The Morgan fingerprint density at radius 1 is 1.50 bits per heavy atom. The number of rotatable bonds is 2. The maximum atomic E-state index is 12.1. The van der Waals surface area contributed by atoms with Crippen molar-refractivity contribution in [1.82, 2.24) is 4.98 Å². The molecule has 88 valence electrons. The maximum absolute atomic E-state index is 12.1. The van der Waals surface area contributed by atoms with Crippen LogP contribution in [0.2, 0.25) is 0 Å². The van der Waals surface area contributed by atoms with Gasteiger partial charge in [0.1, 0.15) is 5.69 Å². The highest BCUT2D eigenvalue weighted by Crippen LogP contribution is 2.27. The largest absolute Gasteiger partial charge is 0.450 e. The highest BCUT2D eigenvalue weighted by atomic mass is 19.4. The molecule has 0 saturated carbocycles. The van der Waals surface area contributed by atoms with Gasteiger partial charge in [-0.2, -0.15) is 13.2 Å². The number of anilines is 1. The topological polar surface area (TPSA) is 51.2 Å². The van der Waals surface area contributed by atoms with E-state index < -0.39 is 18.0 Å². The van der Waals surface area contributed by atoms with Crippen molar-refractivity contribution in [3.8, 4) is 0 Å². The lowest BCUT2D eigenvalue weighted by Crippen LogP contribution is -2.14. The predicted molar refractivity (Wildman–Crippen MR) is 49.9 cm³/mol. The standard InChI is InChI=1S/C9H9F3N2O2/c1-2-16-8(15)14-6-3-4-7(13-5-6)9(10,11)12/h3-5H,2H2,1H3,(H,14,15). The first-order valence-corrected chi connectivity index (χ1v) is 4.40. The molecule has 0 atom stereocenters. The van der Waals surface area contributed by atoms with Crippen molar-refractivity contribution in [3.63, 3.8) is 0 Å². The van der Waals surface area contributed by atoms with Gasteiger partial charge < -0.3 is 4.74 Å². The molecule has 0 spiro atoms. The van der Waals surface area contributed by atoms with Gasteiger partial charge in [-0.15, -0.1) is 0 Å². The van der Waals surface area contributed by atoms with E-state index in [9.17, 15) is 18.0 Å². The number of hydrogen-bond acceptors (Lipinski definition) is 3. The number of amides is 1. The van der Waals surface area contributed by atoms with E-state index in [1.807, 2.05) is 0 Å². The molecule has 0 aliphatic heterocycles. The summed E-state index contributed by atoms with van der Waals surface area (Å²) < 4.78 is 40.9. The second-order valence-corrected chi connectivity index (χ2v) is 2.78. The van der Waals surface area contributed by atoms with E-state index in [1.165, 1.54) is 0 Å². The Hall–Kier alpha value is -1.79. The second-order valence-electron chi connectivity index (χ2n) is 2.78. The molecule has 16 heavy (non-hydrogen) atoms. The second kappa shape index (κ2) is 4.82. The van der Waals surface area contributed by atoms with Crippen LogP contribution >= 0.6 is 0 Å². The Bertz CT molecular complexity index is 362. The first-order chi connectivity index (χ1) is 7.43. The Morgan fingerprint density at radius 2 is 2.19 bits per heavy atom. The van der Waals surface area contributed by atoms with Gasteiger partial charge in [-0.3, -0.25) is 5.32 Å². The summed E-state index contributed by atoms with van der Waals surface area (Å²) in [5.41, 5.74) is -0.867. The van der Waals surface area contributed by atoms with Crippen LogP contribution in [0.25, 0.3) is 0 Å². The predicted octanol–water partition coefficient (Wildman–Crippen LogP) is 2.67. The van der Waals surface area contributed by atoms with E-state index in [0.717, 1.165) is 18.3 Å². The molecule has 1 aromatic heterocycles. The lowest BCUT2D eigenvalue weighted by molar-refractivity contribution is -0.141. The van der Waals surface area contributed by atoms with Gasteiger partial charge >= 0.3 is 12.3 Å². The SMILES string of the molecule is CCOC(=O)Nc1ccc(C(F)(F)F)nc1. The third kappa shape index (κ3) is 3.41. The number of ether oxygens (including phenoxy) is 1. The molecule has 0 aromatic carbocycles. The molecule has 7 heteroatoms. The van der Waals surface area contributed by atoms with E-state index in [2.05, 4.69) is 15.0 Å². The minimum atomic E-state index is -4.48. The Morgan fingerprint density at radius 3 is 2.62 bits per heavy atom. The highest BCUT2D eigenvalue weighted by Gasteiger charge is 2.32. The fourth-order valence-corrected chi connectivity index (χ4v) is 0.921. The molecule has 1 aromatic rings. The van der Waals surface area contributed by atoms with Crippen molar-refractivity contribution in [3.05, 3.63) is 24.0 Å². The van der Waals surface area contributed by atoms with Crippen molar-refractivity contribution in [2.24, 2.45) is 0 Å². The van der Waals surface area contributed by atoms with E-state index in [1.54, 1.807) is 6.92 Å². The monoisotopic (exact) mass is 234 g/mol. The third-order valence-corrected chi connectivity index (χ3v) is 1.58. The molecule has 0 fully saturated rings. The minimum Gasteiger partial charge on any atom is -0.450 e. The number of carbonyl (C=O) groups excluding carboxylic acids is 1. The number of hydrogen-bond donors (Lipinski definition) is 1. The van der Waals surface area contributed by atoms with E-state index >= 15 is 0 Å². The van der Waals surface area contributed by atoms with Gasteiger partial charge in [0.15, 0.2) is 0 Å². The van der Waals surface area contributed by atoms with Crippen LogP contribution in [0.3, 0.4) is 0 Å². The summed E-state index contributed by atoms with van der Waals surface area (Å²) in [7, 11) is 0. The van der Waals surface area contributed by atoms with Crippen LogP contribution in [-0.2, 0) is 10.9 Å². The summed E-state index contributed by atoms with van der Waals surface area (Å²) in [6, 6.07) is 1.88. The van der Waals surface area contributed by atoms with Crippen LogP contribution < -0.4 is 5.32 Å². The number of carbonyl (C=O) groups is 1. The zero-order valence-corrected chi connectivity index (χ0v) is 8.34. The summed E-state index contributed by atoms with van der Waals surface area (Å²) in [4.78, 5) is 14.1. The highest BCUT2D eigenvalue weighted by molar-refractivity contribution is 5.84. The molecule has 0 unspecified atom stereocenters. The molecule has 4 nitrogen and oxygen atoms in total. The van der Waals surface area contributed by atoms with Crippen LogP contribution in [0.1, 0.15) is 12.6 Å². The van der Waals surface area contributed by atoms with E-state index in [-0.39, 0.29) is 12.3 Å². The van der Waals surface area contributed by atoms with Crippen LogP contribution in [0, 0.1) is 0 Å². The summed E-state index contributed by atoms with van der Waals surface area (Å²) in [6.45, 7) is 1.80. The minimum absolute atomic E-state index is 0.145. The normalized spacial score (nSPS) is 11.0. The van der Waals surface area contributed by atoms with Crippen LogP contribution in [0.4, 0.5) is 23.7 Å². The Kier molecular flexibility index (Phi) is 3.70. The van der Waals surface area contributed by atoms with E-state index in [0.29, 0.717) is 0 Å². The van der Waals surface area contributed by atoms with Gasteiger partial charge in [-0.05, 0) is 19.1 Å². The summed E-state index contributed by atoms with van der Waals surface area (Å²) in [5.74, 6) is 0. The van der Waals surface area contributed by atoms with Crippen LogP contribution in [0.15, 0.2) is 18.3 Å². The first-order valence-electron chi connectivity index (χ1n) is 4.40. The zero-order valence-electron chi connectivity index (χ0n) is 8.34. The summed E-state index contributed by atoms with van der Waals surface area (Å²) >= 11 is 0. The van der Waals surface area contributed by atoms with Crippen molar-refractivity contribution in [2.45, 2.75) is 13.1 Å².